The third kappa shape index (κ3) is 2.89. The van der Waals surface area contributed by atoms with Crippen LogP contribution in [-0.4, -0.2) is 13.1 Å². The van der Waals surface area contributed by atoms with E-state index in [1.165, 1.54) is 22.9 Å². The summed E-state index contributed by atoms with van der Waals surface area (Å²) < 4.78 is 5.59. The van der Waals surface area contributed by atoms with Gasteiger partial charge in [0.2, 0.25) is 0 Å². The highest BCUT2D eigenvalue weighted by Gasteiger charge is 2.06. The molecule has 2 heteroatoms. The van der Waals surface area contributed by atoms with Gasteiger partial charge < -0.3 is 9.73 Å². The fourth-order valence-corrected chi connectivity index (χ4v) is 2.17. The minimum atomic E-state index is 1.01. The zero-order valence-corrected chi connectivity index (χ0v) is 10.8. The second kappa shape index (κ2) is 5.87. The molecule has 17 heavy (non-hydrogen) atoms. The molecule has 0 saturated carbocycles. The molecule has 1 aromatic carbocycles. The molecule has 2 nitrogen and oxygen atoms in total. The van der Waals surface area contributed by atoms with Gasteiger partial charge in [0.15, 0.2) is 0 Å². The van der Waals surface area contributed by atoms with Gasteiger partial charge in [0.05, 0.1) is 6.26 Å². The Morgan fingerprint density at radius 3 is 2.82 bits per heavy atom. The van der Waals surface area contributed by atoms with E-state index in [1.54, 1.807) is 0 Å². The van der Waals surface area contributed by atoms with Crippen molar-refractivity contribution < 1.29 is 4.42 Å². The van der Waals surface area contributed by atoms with E-state index >= 15 is 0 Å². The first-order valence-corrected chi connectivity index (χ1v) is 6.54. The van der Waals surface area contributed by atoms with Crippen LogP contribution in [0.1, 0.15) is 31.4 Å². The van der Waals surface area contributed by atoms with Crippen molar-refractivity contribution in [2.24, 2.45) is 0 Å². The molecular weight excluding hydrogens is 210 g/mol. The van der Waals surface area contributed by atoms with Crippen molar-refractivity contribution in [2.45, 2.75) is 33.1 Å². The average Bonchev–Trinajstić information content (AvgIpc) is 2.73. The molecule has 0 bridgehead atoms. The van der Waals surface area contributed by atoms with Crippen molar-refractivity contribution in [1.82, 2.24) is 5.32 Å². The fraction of sp³-hybridized carbons (Fsp3) is 0.467. The zero-order chi connectivity index (χ0) is 12.1. The Labute approximate surface area is 103 Å². The normalized spacial score (nSPS) is 11.2. The van der Waals surface area contributed by atoms with Crippen LogP contribution in [0.2, 0.25) is 0 Å². The molecule has 0 fully saturated rings. The lowest BCUT2D eigenvalue weighted by Crippen LogP contribution is -2.15. The number of nitrogens with one attached hydrogen (secondary N) is 1. The van der Waals surface area contributed by atoms with Gasteiger partial charge in [-0.2, -0.15) is 0 Å². The lowest BCUT2D eigenvalue weighted by Gasteiger charge is -2.01. The van der Waals surface area contributed by atoms with Crippen LogP contribution in [0, 0.1) is 0 Å². The number of likely N-dealkylation sites (N-methyl/N-ethyl adjacent to an activating group) is 1. The quantitative estimate of drug-likeness (QED) is 0.769. The maximum absolute atomic E-state index is 5.59. The molecule has 1 aromatic heterocycles. The van der Waals surface area contributed by atoms with Crippen molar-refractivity contribution in [3.63, 3.8) is 0 Å². The molecule has 92 valence electrons. The van der Waals surface area contributed by atoms with E-state index in [-0.39, 0.29) is 0 Å². The minimum Gasteiger partial charge on any atom is -0.464 e. The monoisotopic (exact) mass is 231 g/mol. The Kier molecular flexibility index (Phi) is 4.21. The summed E-state index contributed by atoms with van der Waals surface area (Å²) in [5, 5.41) is 4.64. The Bertz CT molecular complexity index is 473. The van der Waals surface area contributed by atoms with Gasteiger partial charge in [-0.05, 0) is 49.2 Å². The molecule has 0 unspecified atom stereocenters. The smallest absolute Gasteiger partial charge is 0.134 e. The van der Waals surface area contributed by atoms with E-state index in [0.29, 0.717) is 0 Å². The fourth-order valence-electron chi connectivity index (χ4n) is 2.17. The van der Waals surface area contributed by atoms with Gasteiger partial charge in [-0.3, -0.25) is 0 Å². The van der Waals surface area contributed by atoms with Gasteiger partial charge >= 0.3 is 0 Å². The van der Waals surface area contributed by atoms with Crippen LogP contribution in [0.3, 0.4) is 0 Å². The number of hydrogen-bond donors (Lipinski definition) is 1. The van der Waals surface area contributed by atoms with E-state index < -0.39 is 0 Å². The SMILES string of the molecule is CCCc1ccc2occ(CCNCC)c2c1. The van der Waals surface area contributed by atoms with Crippen LogP contribution in [0.5, 0.6) is 0 Å². The number of fused-ring (bicyclic) bond motifs is 1. The van der Waals surface area contributed by atoms with Gasteiger partial charge in [-0.1, -0.05) is 26.3 Å². The first-order valence-electron chi connectivity index (χ1n) is 6.54. The molecule has 2 aromatic rings. The number of hydrogen-bond acceptors (Lipinski definition) is 2. The molecule has 0 atom stereocenters. The molecule has 0 aliphatic heterocycles. The van der Waals surface area contributed by atoms with Crippen LogP contribution in [0.25, 0.3) is 11.0 Å². The summed E-state index contributed by atoms with van der Waals surface area (Å²) in [5.74, 6) is 0. The van der Waals surface area contributed by atoms with E-state index in [1.807, 2.05) is 6.26 Å². The number of rotatable bonds is 6. The van der Waals surface area contributed by atoms with Crippen molar-refractivity contribution in [3.8, 4) is 0 Å². The number of aryl methyl sites for hydroxylation is 1. The molecule has 2 rings (SSSR count). The van der Waals surface area contributed by atoms with Crippen molar-refractivity contribution in [1.29, 1.82) is 0 Å². The molecule has 0 aliphatic carbocycles. The van der Waals surface area contributed by atoms with Gasteiger partial charge in [-0.15, -0.1) is 0 Å². The molecule has 1 heterocycles. The standard InChI is InChI=1S/C15H21NO/c1-3-5-12-6-7-15-14(10-12)13(11-17-15)8-9-16-4-2/h6-7,10-11,16H,3-5,8-9H2,1-2H3. The zero-order valence-electron chi connectivity index (χ0n) is 10.8. The van der Waals surface area contributed by atoms with Crippen molar-refractivity contribution in [3.05, 3.63) is 35.6 Å². The predicted molar refractivity (Wildman–Crippen MR) is 72.5 cm³/mol. The molecule has 0 radical (unpaired) electrons. The summed E-state index contributed by atoms with van der Waals surface area (Å²) in [6, 6.07) is 6.55. The first-order chi connectivity index (χ1) is 8.35. The predicted octanol–water partition coefficient (Wildman–Crippen LogP) is 3.54. The average molecular weight is 231 g/mol. The van der Waals surface area contributed by atoms with E-state index in [4.69, 9.17) is 4.42 Å². The maximum Gasteiger partial charge on any atom is 0.134 e. The molecule has 0 saturated heterocycles. The van der Waals surface area contributed by atoms with Gasteiger partial charge in [0.25, 0.3) is 0 Å². The Balaban J connectivity index is 2.20. The highest BCUT2D eigenvalue weighted by Crippen LogP contribution is 2.23. The second-order valence-corrected chi connectivity index (χ2v) is 4.45. The number of furan rings is 1. The maximum atomic E-state index is 5.59. The Morgan fingerprint density at radius 2 is 2.06 bits per heavy atom. The van der Waals surface area contributed by atoms with Gasteiger partial charge in [-0.25, -0.2) is 0 Å². The van der Waals surface area contributed by atoms with Gasteiger partial charge in [0, 0.05) is 5.39 Å². The Hall–Kier alpha value is -1.28. The topological polar surface area (TPSA) is 25.2 Å². The van der Waals surface area contributed by atoms with Crippen LogP contribution in [-0.2, 0) is 12.8 Å². The number of benzene rings is 1. The van der Waals surface area contributed by atoms with Gasteiger partial charge in [0.1, 0.15) is 5.58 Å². The lowest BCUT2D eigenvalue weighted by molar-refractivity contribution is 0.607. The summed E-state index contributed by atoms with van der Waals surface area (Å²) in [5.41, 5.74) is 3.74. The summed E-state index contributed by atoms with van der Waals surface area (Å²) in [7, 11) is 0. The third-order valence-electron chi connectivity index (χ3n) is 3.08. The summed E-state index contributed by atoms with van der Waals surface area (Å²) in [6.45, 7) is 6.39. The largest absolute Gasteiger partial charge is 0.464 e. The first kappa shape index (κ1) is 12.2. The second-order valence-electron chi connectivity index (χ2n) is 4.45. The summed E-state index contributed by atoms with van der Waals surface area (Å²) in [4.78, 5) is 0. The molecule has 0 amide bonds. The molecular formula is C15H21NO. The van der Waals surface area contributed by atoms with E-state index in [9.17, 15) is 0 Å². The Morgan fingerprint density at radius 1 is 1.18 bits per heavy atom. The van der Waals surface area contributed by atoms with E-state index in [0.717, 1.165) is 31.5 Å². The third-order valence-corrected chi connectivity index (χ3v) is 3.08. The summed E-state index contributed by atoms with van der Waals surface area (Å²) in [6.07, 6.45) is 5.28. The van der Waals surface area contributed by atoms with Crippen LogP contribution in [0.4, 0.5) is 0 Å². The molecule has 1 N–H and O–H groups in total. The van der Waals surface area contributed by atoms with Crippen LogP contribution in [0.15, 0.2) is 28.9 Å². The minimum absolute atomic E-state index is 1.01. The highest BCUT2D eigenvalue weighted by molar-refractivity contribution is 5.81. The van der Waals surface area contributed by atoms with Crippen molar-refractivity contribution >= 4 is 11.0 Å². The molecule has 0 aliphatic rings. The molecule has 0 spiro atoms. The van der Waals surface area contributed by atoms with E-state index in [2.05, 4.69) is 37.4 Å². The lowest BCUT2D eigenvalue weighted by atomic mass is 10.0. The van der Waals surface area contributed by atoms with Crippen LogP contribution >= 0.6 is 0 Å². The van der Waals surface area contributed by atoms with Crippen molar-refractivity contribution in [2.75, 3.05) is 13.1 Å². The van der Waals surface area contributed by atoms with Crippen LogP contribution < -0.4 is 5.32 Å². The highest BCUT2D eigenvalue weighted by atomic mass is 16.3. The summed E-state index contributed by atoms with van der Waals surface area (Å²) >= 11 is 0.